The number of benzene rings is 1. The van der Waals surface area contributed by atoms with E-state index >= 15 is 0 Å². The molecule has 1 aliphatic heterocycles. The number of hydrogen-bond donors (Lipinski definition) is 3. The zero-order valence-corrected chi connectivity index (χ0v) is 15.1. The van der Waals surface area contributed by atoms with Gasteiger partial charge >= 0.3 is 0 Å². The highest BCUT2D eigenvalue weighted by Crippen LogP contribution is 2.35. The SMILES string of the molecule is CC1CCc2cc(F)cc3c(O)c(C(=O)NCc4ccc(=O)[nH]c4)c(=O)n1c23. The Morgan fingerprint density at radius 1 is 1.36 bits per heavy atom. The molecule has 2 aromatic heterocycles. The summed E-state index contributed by atoms with van der Waals surface area (Å²) in [5.74, 6) is -1.81. The highest BCUT2D eigenvalue weighted by Gasteiger charge is 2.28. The zero-order valence-electron chi connectivity index (χ0n) is 15.1. The molecule has 1 unspecified atom stereocenters. The number of H-pyrrole nitrogens is 1. The Hall–Kier alpha value is -3.42. The lowest BCUT2D eigenvalue weighted by molar-refractivity contribution is 0.0946. The number of carbonyl (C=O) groups excluding carboxylic acids is 1. The van der Waals surface area contributed by atoms with Gasteiger partial charge in [0.1, 0.15) is 17.1 Å². The average Bonchev–Trinajstić information content (AvgIpc) is 2.66. The fourth-order valence-electron chi connectivity index (χ4n) is 3.71. The molecule has 0 radical (unpaired) electrons. The molecule has 0 saturated carbocycles. The van der Waals surface area contributed by atoms with Gasteiger partial charge in [0.05, 0.1) is 5.52 Å². The van der Waals surface area contributed by atoms with Crippen molar-refractivity contribution in [1.29, 1.82) is 0 Å². The molecule has 144 valence electrons. The monoisotopic (exact) mass is 383 g/mol. The first-order valence-electron chi connectivity index (χ1n) is 8.92. The number of nitrogens with zero attached hydrogens (tertiary/aromatic N) is 1. The average molecular weight is 383 g/mol. The van der Waals surface area contributed by atoms with E-state index in [0.29, 0.717) is 29.5 Å². The Balaban J connectivity index is 1.81. The highest BCUT2D eigenvalue weighted by molar-refractivity contribution is 6.03. The van der Waals surface area contributed by atoms with Crippen LogP contribution in [-0.4, -0.2) is 20.6 Å². The van der Waals surface area contributed by atoms with E-state index in [4.69, 9.17) is 0 Å². The number of nitrogens with one attached hydrogen (secondary N) is 2. The van der Waals surface area contributed by atoms with Gasteiger partial charge in [-0.2, -0.15) is 0 Å². The molecule has 0 bridgehead atoms. The van der Waals surface area contributed by atoms with Gasteiger partial charge in [-0.15, -0.1) is 0 Å². The van der Waals surface area contributed by atoms with Crippen LogP contribution in [0.1, 0.15) is 40.9 Å². The number of aromatic hydroxyl groups is 1. The molecule has 0 aliphatic carbocycles. The number of halogens is 1. The molecule has 28 heavy (non-hydrogen) atoms. The second kappa shape index (κ2) is 6.63. The lowest BCUT2D eigenvalue weighted by Gasteiger charge is -2.26. The number of carbonyl (C=O) groups is 1. The predicted molar refractivity (Wildman–Crippen MR) is 101 cm³/mol. The van der Waals surface area contributed by atoms with E-state index in [2.05, 4.69) is 10.3 Å². The highest BCUT2D eigenvalue weighted by atomic mass is 19.1. The molecule has 1 aromatic carbocycles. The summed E-state index contributed by atoms with van der Waals surface area (Å²) in [5.41, 5.74) is 0.439. The molecular weight excluding hydrogens is 365 g/mol. The predicted octanol–water partition coefficient (Wildman–Crippen LogP) is 1.97. The third-order valence-corrected chi connectivity index (χ3v) is 5.12. The van der Waals surface area contributed by atoms with E-state index in [1.165, 1.54) is 22.9 Å². The Kier molecular flexibility index (Phi) is 4.26. The van der Waals surface area contributed by atoms with E-state index in [1.807, 2.05) is 6.92 Å². The number of aryl methyl sites for hydroxylation is 1. The maximum atomic E-state index is 14.0. The second-order valence-corrected chi connectivity index (χ2v) is 6.99. The molecule has 1 atom stereocenters. The van der Waals surface area contributed by atoms with Crippen molar-refractivity contribution in [1.82, 2.24) is 14.9 Å². The van der Waals surface area contributed by atoms with Gasteiger partial charge in [-0.1, -0.05) is 6.07 Å². The topological polar surface area (TPSA) is 104 Å². The van der Waals surface area contributed by atoms with Gasteiger partial charge in [-0.3, -0.25) is 14.4 Å². The third-order valence-electron chi connectivity index (χ3n) is 5.12. The van der Waals surface area contributed by atoms with Gasteiger partial charge in [-0.25, -0.2) is 4.39 Å². The van der Waals surface area contributed by atoms with E-state index in [-0.39, 0.29) is 23.5 Å². The molecule has 4 rings (SSSR count). The Labute approximate surface area is 158 Å². The number of rotatable bonds is 3. The minimum Gasteiger partial charge on any atom is -0.506 e. The molecule has 0 saturated heterocycles. The minimum atomic E-state index is -0.761. The van der Waals surface area contributed by atoms with Crippen LogP contribution in [0.2, 0.25) is 0 Å². The standard InChI is InChI=1S/C20H18FN3O4/c1-10-2-4-12-6-13(21)7-14-17(12)24(10)20(28)16(18(14)26)19(27)23-9-11-3-5-15(25)22-8-11/h3,5-8,10,26H,2,4,9H2,1H3,(H,22,25)(H,23,27). The van der Waals surface area contributed by atoms with Crippen LogP contribution in [0.15, 0.2) is 40.1 Å². The van der Waals surface area contributed by atoms with Crippen molar-refractivity contribution < 1.29 is 14.3 Å². The summed E-state index contributed by atoms with van der Waals surface area (Å²) >= 11 is 0. The minimum absolute atomic E-state index is 0.0521. The summed E-state index contributed by atoms with van der Waals surface area (Å²) in [5, 5.41) is 13.3. The molecular formula is C20H18FN3O4. The van der Waals surface area contributed by atoms with Crippen LogP contribution >= 0.6 is 0 Å². The van der Waals surface area contributed by atoms with Crippen molar-refractivity contribution in [3.05, 3.63) is 73.7 Å². The van der Waals surface area contributed by atoms with E-state index in [9.17, 15) is 23.9 Å². The summed E-state index contributed by atoms with van der Waals surface area (Å²) in [7, 11) is 0. The van der Waals surface area contributed by atoms with Crippen LogP contribution in [0.25, 0.3) is 10.9 Å². The summed E-state index contributed by atoms with van der Waals surface area (Å²) in [6.45, 7) is 1.91. The summed E-state index contributed by atoms with van der Waals surface area (Å²) < 4.78 is 15.5. The van der Waals surface area contributed by atoms with Gasteiger partial charge in [0.15, 0.2) is 0 Å². The summed E-state index contributed by atoms with van der Waals surface area (Å²) in [4.78, 5) is 39.3. The summed E-state index contributed by atoms with van der Waals surface area (Å²) in [6.07, 6.45) is 2.67. The fraction of sp³-hybridized carbons (Fsp3) is 0.250. The summed E-state index contributed by atoms with van der Waals surface area (Å²) in [6, 6.07) is 5.18. The smallest absolute Gasteiger partial charge is 0.267 e. The van der Waals surface area contributed by atoms with Crippen molar-refractivity contribution in [2.45, 2.75) is 32.4 Å². The van der Waals surface area contributed by atoms with Crippen LogP contribution in [0.4, 0.5) is 4.39 Å². The van der Waals surface area contributed by atoms with Crippen LogP contribution in [0, 0.1) is 5.82 Å². The Morgan fingerprint density at radius 3 is 2.86 bits per heavy atom. The Bertz CT molecular complexity index is 1210. The van der Waals surface area contributed by atoms with Gasteiger partial charge in [0.2, 0.25) is 5.56 Å². The van der Waals surface area contributed by atoms with Crippen molar-refractivity contribution in [2.24, 2.45) is 0 Å². The van der Waals surface area contributed by atoms with Crippen LogP contribution in [0.3, 0.4) is 0 Å². The van der Waals surface area contributed by atoms with E-state index < -0.39 is 28.6 Å². The van der Waals surface area contributed by atoms with Gasteiger partial charge < -0.3 is 20.0 Å². The van der Waals surface area contributed by atoms with Crippen LogP contribution in [0.5, 0.6) is 5.75 Å². The number of aromatic nitrogens is 2. The lowest BCUT2D eigenvalue weighted by Crippen LogP contribution is -2.36. The van der Waals surface area contributed by atoms with E-state index in [0.717, 1.165) is 6.07 Å². The first-order chi connectivity index (χ1) is 13.4. The van der Waals surface area contributed by atoms with Gasteiger partial charge in [0.25, 0.3) is 11.5 Å². The maximum Gasteiger partial charge on any atom is 0.267 e. The normalized spacial score (nSPS) is 15.6. The van der Waals surface area contributed by atoms with Crippen LogP contribution in [-0.2, 0) is 13.0 Å². The lowest BCUT2D eigenvalue weighted by atomic mass is 9.95. The number of amides is 1. The molecule has 0 fully saturated rings. The van der Waals surface area contributed by atoms with Gasteiger partial charge in [-0.05, 0) is 43.0 Å². The molecule has 1 amide bonds. The second-order valence-electron chi connectivity index (χ2n) is 6.99. The number of aromatic amines is 1. The molecule has 7 nitrogen and oxygen atoms in total. The molecule has 3 heterocycles. The van der Waals surface area contributed by atoms with Crippen molar-refractivity contribution in [3.63, 3.8) is 0 Å². The maximum absolute atomic E-state index is 14.0. The number of pyridine rings is 2. The van der Waals surface area contributed by atoms with Crippen molar-refractivity contribution in [2.75, 3.05) is 0 Å². The first kappa shape index (κ1) is 18.0. The molecule has 3 aromatic rings. The number of hydrogen-bond acceptors (Lipinski definition) is 4. The van der Waals surface area contributed by atoms with Crippen LogP contribution < -0.4 is 16.4 Å². The fourth-order valence-corrected chi connectivity index (χ4v) is 3.71. The quantitative estimate of drug-likeness (QED) is 0.643. The largest absolute Gasteiger partial charge is 0.506 e. The molecule has 1 aliphatic rings. The van der Waals surface area contributed by atoms with E-state index in [1.54, 1.807) is 6.07 Å². The third kappa shape index (κ3) is 2.87. The molecule has 3 N–H and O–H groups in total. The Morgan fingerprint density at radius 2 is 2.14 bits per heavy atom. The zero-order chi connectivity index (χ0) is 20.0. The molecule has 8 heteroatoms. The van der Waals surface area contributed by atoms with Gasteiger partial charge in [0, 0.05) is 30.2 Å². The van der Waals surface area contributed by atoms with Crippen molar-refractivity contribution in [3.8, 4) is 5.75 Å². The molecule has 0 spiro atoms. The van der Waals surface area contributed by atoms with Crippen molar-refractivity contribution >= 4 is 16.8 Å². The first-order valence-corrected chi connectivity index (χ1v) is 8.92.